The number of amides is 2. The molecule has 0 aliphatic carbocycles. The van der Waals surface area contributed by atoms with E-state index in [9.17, 15) is 18.4 Å². The van der Waals surface area contributed by atoms with Crippen molar-refractivity contribution in [2.24, 2.45) is 5.73 Å². The Hall–Kier alpha value is -3.95. The number of imidazole rings is 1. The Bertz CT molecular complexity index is 1490. The molecule has 2 amide bonds. The number of benzene rings is 1. The van der Waals surface area contributed by atoms with Crippen LogP contribution in [0.5, 0.6) is 0 Å². The van der Waals surface area contributed by atoms with Gasteiger partial charge in [-0.15, -0.1) is 0 Å². The summed E-state index contributed by atoms with van der Waals surface area (Å²) in [4.78, 5) is 30.6. The maximum atomic E-state index is 13.6. The number of anilines is 1. The highest BCUT2D eigenvalue weighted by Crippen LogP contribution is 2.33. The summed E-state index contributed by atoms with van der Waals surface area (Å²) in [6.07, 6.45) is 1.75. The first-order valence-electron chi connectivity index (χ1n) is 11.6. The van der Waals surface area contributed by atoms with Gasteiger partial charge in [0.05, 0.1) is 34.7 Å². The summed E-state index contributed by atoms with van der Waals surface area (Å²) in [5, 5.41) is 7.71. The lowest BCUT2D eigenvalue weighted by atomic mass is 10.1. The summed E-state index contributed by atoms with van der Waals surface area (Å²) in [6, 6.07) is 2.35. The highest BCUT2D eigenvalue weighted by molar-refractivity contribution is 6.32. The predicted molar refractivity (Wildman–Crippen MR) is 138 cm³/mol. The summed E-state index contributed by atoms with van der Waals surface area (Å²) < 4.78 is 34.8. The average molecular weight is 546 g/mol. The van der Waals surface area contributed by atoms with Crippen LogP contribution in [-0.2, 0) is 9.53 Å². The van der Waals surface area contributed by atoms with Gasteiger partial charge in [0.2, 0.25) is 5.91 Å². The lowest BCUT2D eigenvalue weighted by Gasteiger charge is -2.22. The molecule has 3 N–H and O–H groups in total. The van der Waals surface area contributed by atoms with Gasteiger partial charge in [0.25, 0.3) is 5.91 Å². The molecule has 1 aliphatic heterocycles. The summed E-state index contributed by atoms with van der Waals surface area (Å²) in [5.74, 6) is 5.13. The standard InChI is InChI=1S/C25H26ClF2N7O3/c1-5-21(36)33-11-15(9-16(33)12-38-4)35-24(30-3)22(23(29)37)18(32-35)7-6-14-8-20-19(10-17(14)26)31-13(2)34(20)25(27)28/h5,8,10,15-16,25,30H,1,9,11-12H2,2-4H3,(H2,29,37)/t15-,16+/m0/s1. The molecule has 1 fully saturated rings. The van der Waals surface area contributed by atoms with Crippen LogP contribution in [-0.4, -0.2) is 69.4 Å². The largest absolute Gasteiger partial charge is 0.383 e. The van der Waals surface area contributed by atoms with Crippen LogP contribution in [0.2, 0.25) is 5.02 Å². The normalized spacial score (nSPS) is 17.1. The molecule has 3 aromatic rings. The molecule has 0 bridgehead atoms. The van der Waals surface area contributed by atoms with E-state index in [2.05, 4.69) is 33.8 Å². The number of alkyl halides is 2. The number of nitrogens with two attached hydrogens (primary N) is 1. The van der Waals surface area contributed by atoms with E-state index in [1.54, 1.807) is 23.7 Å². The fraction of sp³-hybridized carbons (Fsp3) is 0.360. The third-order valence-corrected chi connectivity index (χ3v) is 6.73. The summed E-state index contributed by atoms with van der Waals surface area (Å²) in [5.41, 5.74) is 6.55. The van der Waals surface area contributed by atoms with Crippen molar-refractivity contribution in [2.45, 2.75) is 32.0 Å². The fourth-order valence-electron chi connectivity index (χ4n) is 4.77. The van der Waals surface area contributed by atoms with Crippen LogP contribution < -0.4 is 11.1 Å². The molecule has 0 spiro atoms. The van der Waals surface area contributed by atoms with Crippen LogP contribution in [0.15, 0.2) is 24.8 Å². The molecule has 1 aliphatic rings. The van der Waals surface area contributed by atoms with Crippen molar-refractivity contribution >= 4 is 40.3 Å². The number of methoxy groups -OCH3 is 1. The number of nitrogens with one attached hydrogen (secondary N) is 1. The second-order valence-electron chi connectivity index (χ2n) is 8.70. The van der Waals surface area contributed by atoms with E-state index in [1.165, 1.54) is 25.1 Å². The average Bonchev–Trinajstić information content (AvgIpc) is 3.54. The number of likely N-dealkylation sites (tertiary alicyclic amines) is 1. The molecule has 2 atom stereocenters. The molecule has 10 nitrogen and oxygen atoms in total. The van der Waals surface area contributed by atoms with Crippen LogP contribution in [0, 0.1) is 18.8 Å². The Morgan fingerprint density at radius 3 is 2.74 bits per heavy atom. The van der Waals surface area contributed by atoms with Crippen molar-refractivity contribution in [3.63, 3.8) is 0 Å². The molecule has 0 unspecified atom stereocenters. The number of halogens is 3. The lowest BCUT2D eigenvalue weighted by molar-refractivity contribution is -0.127. The summed E-state index contributed by atoms with van der Waals surface area (Å²) >= 11 is 6.36. The monoisotopic (exact) mass is 545 g/mol. The number of hydrogen-bond acceptors (Lipinski definition) is 6. The molecule has 2 aromatic heterocycles. The van der Waals surface area contributed by atoms with Gasteiger partial charge in [-0.3, -0.25) is 14.2 Å². The van der Waals surface area contributed by atoms with Gasteiger partial charge < -0.3 is 20.7 Å². The first kappa shape index (κ1) is 27.1. The molecule has 38 heavy (non-hydrogen) atoms. The molecule has 13 heteroatoms. The van der Waals surface area contributed by atoms with Crippen molar-refractivity contribution in [1.29, 1.82) is 0 Å². The Morgan fingerprint density at radius 1 is 1.39 bits per heavy atom. The number of rotatable bonds is 7. The van der Waals surface area contributed by atoms with E-state index in [0.29, 0.717) is 30.9 Å². The van der Waals surface area contributed by atoms with E-state index in [1.807, 2.05) is 0 Å². The van der Waals surface area contributed by atoms with Crippen molar-refractivity contribution in [3.05, 3.63) is 52.5 Å². The van der Waals surface area contributed by atoms with Crippen molar-refractivity contribution in [3.8, 4) is 11.8 Å². The van der Waals surface area contributed by atoms with Gasteiger partial charge in [0.15, 0.2) is 5.69 Å². The van der Waals surface area contributed by atoms with Gasteiger partial charge >= 0.3 is 6.55 Å². The van der Waals surface area contributed by atoms with E-state index < -0.39 is 12.5 Å². The Labute approximate surface area is 222 Å². The molecule has 4 rings (SSSR count). The van der Waals surface area contributed by atoms with Crippen LogP contribution in [0.25, 0.3) is 11.0 Å². The molecular formula is C25H26ClF2N7O3. The van der Waals surface area contributed by atoms with Crippen LogP contribution in [0.1, 0.15) is 46.5 Å². The third-order valence-electron chi connectivity index (χ3n) is 6.41. The number of hydrogen-bond donors (Lipinski definition) is 2. The van der Waals surface area contributed by atoms with Crippen LogP contribution in [0.4, 0.5) is 14.6 Å². The molecule has 1 saturated heterocycles. The highest BCUT2D eigenvalue weighted by atomic mass is 35.5. The Balaban J connectivity index is 1.78. The van der Waals surface area contributed by atoms with Gasteiger partial charge in [0.1, 0.15) is 17.2 Å². The van der Waals surface area contributed by atoms with E-state index in [-0.39, 0.29) is 51.2 Å². The molecule has 0 radical (unpaired) electrons. The molecule has 3 heterocycles. The number of fused-ring (bicyclic) bond motifs is 1. The number of aryl methyl sites for hydroxylation is 1. The lowest BCUT2D eigenvalue weighted by Crippen LogP contribution is -2.37. The van der Waals surface area contributed by atoms with E-state index >= 15 is 0 Å². The number of nitrogens with zero attached hydrogens (tertiary/aromatic N) is 5. The van der Waals surface area contributed by atoms with Crippen LogP contribution in [0.3, 0.4) is 0 Å². The number of carbonyl (C=O) groups excluding carboxylic acids is 2. The zero-order valence-corrected chi connectivity index (χ0v) is 21.7. The number of ether oxygens (including phenoxy) is 1. The van der Waals surface area contributed by atoms with Gasteiger partial charge in [-0.2, -0.15) is 13.9 Å². The number of aromatic nitrogens is 4. The zero-order chi connectivity index (χ0) is 27.7. The topological polar surface area (TPSA) is 120 Å². The van der Waals surface area contributed by atoms with Gasteiger partial charge in [-0.05, 0) is 37.5 Å². The fourth-order valence-corrected chi connectivity index (χ4v) is 4.98. The maximum absolute atomic E-state index is 13.6. The Kier molecular flexibility index (Phi) is 7.71. The van der Waals surface area contributed by atoms with Crippen molar-refractivity contribution in [2.75, 3.05) is 32.6 Å². The maximum Gasteiger partial charge on any atom is 0.320 e. The first-order valence-corrected chi connectivity index (χ1v) is 12.0. The van der Waals surface area contributed by atoms with E-state index in [0.717, 1.165) is 4.57 Å². The molecular weight excluding hydrogens is 520 g/mol. The first-order chi connectivity index (χ1) is 18.1. The quantitative estimate of drug-likeness (QED) is 0.348. The second-order valence-corrected chi connectivity index (χ2v) is 9.11. The smallest absolute Gasteiger partial charge is 0.320 e. The zero-order valence-electron chi connectivity index (χ0n) is 21.0. The number of primary amides is 1. The molecule has 200 valence electrons. The third kappa shape index (κ3) is 4.82. The summed E-state index contributed by atoms with van der Waals surface area (Å²) in [7, 11) is 3.16. The van der Waals surface area contributed by atoms with Gasteiger partial charge in [0, 0.05) is 26.3 Å². The number of carbonyl (C=O) groups is 2. The van der Waals surface area contributed by atoms with Crippen molar-refractivity contribution < 1.29 is 23.1 Å². The predicted octanol–water partition coefficient (Wildman–Crippen LogP) is 3.10. The minimum atomic E-state index is -2.79. The van der Waals surface area contributed by atoms with Gasteiger partial charge in [-0.25, -0.2) is 9.67 Å². The highest BCUT2D eigenvalue weighted by Gasteiger charge is 2.37. The SMILES string of the molecule is C=CC(=O)N1C[C@@H](n2nc(C#Cc3cc4c(cc3Cl)nc(C)n4C(F)F)c(C(N)=O)c2NC)C[C@@H]1COC. The molecule has 1 aromatic carbocycles. The minimum Gasteiger partial charge on any atom is -0.383 e. The minimum absolute atomic E-state index is 0.0578. The van der Waals surface area contributed by atoms with Gasteiger partial charge in [-0.1, -0.05) is 24.1 Å². The van der Waals surface area contributed by atoms with Crippen molar-refractivity contribution in [1.82, 2.24) is 24.2 Å². The Morgan fingerprint density at radius 2 is 2.13 bits per heavy atom. The second kappa shape index (κ2) is 10.8. The van der Waals surface area contributed by atoms with Crippen LogP contribution >= 0.6 is 11.6 Å². The van der Waals surface area contributed by atoms with E-state index in [4.69, 9.17) is 22.1 Å². The molecule has 0 saturated carbocycles. The summed E-state index contributed by atoms with van der Waals surface area (Å²) in [6.45, 7) is 2.87.